The highest BCUT2D eigenvalue weighted by Gasteiger charge is 2.08. The zero-order valence-electron chi connectivity index (χ0n) is 10.7. The van der Waals surface area contributed by atoms with E-state index in [1.807, 2.05) is 32.9 Å². The smallest absolute Gasteiger partial charge is 0.328 e. The van der Waals surface area contributed by atoms with Crippen molar-refractivity contribution in [3.05, 3.63) is 40.4 Å². The van der Waals surface area contributed by atoms with Gasteiger partial charge in [-0.25, -0.2) is 4.79 Å². The molecular formula is C14H17ClO3. The van der Waals surface area contributed by atoms with Crippen molar-refractivity contribution in [3.63, 3.8) is 0 Å². The molecule has 0 aromatic heterocycles. The van der Waals surface area contributed by atoms with Crippen molar-refractivity contribution in [2.45, 2.75) is 20.8 Å². The molecule has 0 aliphatic carbocycles. The fourth-order valence-corrected chi connectivity index (χ4v) is 1.59. The van der Waals surface area contributed by atoms with Gasteiger partial charge in [-0.2, -0.15) is 0 Å². The van der Waals surface area contributed by atoms with Crippen LogP contribution in [0.15, 0.2) is 29.8 Å². The van der Waals surface area contributed by atoms with Crippen LogP contribution in [0.5, 0.6) is 5.75 Å². The van der Waals surface area contributed by atoms with Gasteiger partial charge >= 0.3 is 5.97 Å². The minimum Gasteiger partial charge on any atom is -0.488 e. The Morgan fingerprint density at radius 3 is 2.72 bits per heavy atom. The molecule has 18 heavy (non-hydrogen) atoms. The van der Waals surface area contributed by atoms with Crippen LogP contribution in [0.2, 0.25) is 5.02 Å². The van der Waals surface area contributed by atoms with Gasteiger partial charge in [0.2, 0.25) is 0 Å². The van der Waals surface area contributed by atoms with Gasteiger partial charge in [0.05, 0.1) is 5.02 Å². The Hall–Kier alpha value is -1.48. The van der Waals surface area contributed by atoms with Crippen LogP contribution >= 0.6 is 11.6 Å². The van der Waals surface area contributed by atoms with E-state index in [9.17, 15) is 4.79 Å². The number of carboxylic acids is 1. The number of ether oxygens (including phenoxy) is 1. The molecule has 0 saturated heterocycles. The molecule has 0 aliphatic rings. The number of carbonyl (C=O) groups is 1. The Bertz CT molecular complexity index is 464. The maximum Gasteiger partial charge on any atom is 0.328 e. The van der Waals surface area contributed by atoms with Gasteiger partial charge in [0.15, 0.2) is 0 Å². The van der Waals surface area contributed by atoms with E-state index >= 15 is 0 Å². The molecule has 0 aliphatic heterocycles. The molecule has 0 bridgehead atoms. The summed E-state index contributed by atoms with van der Waals surface area (Å²) in [5.74, 6) is -0.268. The maximum absolute atomic E-state index is 10.7. The number of benzene rings is 1. The summed E-state index contributed by atoms with van der Waals surface area (Å²) in [6.45, 7) is 6.03. The number of hydrogen-bond acceptors (Lipinski definition) is 2. The Balaban J connectivity index is 2.79. The van der Waals surface area contributed by atoms with Crippen molar-refractivity contribution in [1.82, 2.24) is 0 Å². The molecule has 0 radical (unpaired) electrons. The van der Waals surface area contributed by atoms with Gasteiger partial charge < -0.3 is 9.84 Å². The first kappa shape index (κ1) is 14.6. The summed E-state index contributed by atoms with van der Waals surface area (Å²) in [5, 5.41) is 9.30. The van der Waals surface area contributed by atoms with Crippen molar-refractivity contribution in [3.8, 4) is 5.75 Å². The molecule has 0 atom stereocenters. The van der Waals surface area contributed by atoms with E-state index in [0.29, 0.717) is 10.8 Å². The SMILES string of the molecule is Cc1ccc(Cl)c(OC/C(=C/C(=O)O)C(C)C)c1. The third kappa shape index (κ3) is 4.41. The van der Waals surface area contributed by atoms with Crippen molar-refractivity contribution in [1.29, 1.82) is 0 Å². The Kier molecular flexibility index (Phi) is 5.23. The maximum atomic E-state index is 10.7. The Morgan fingerprint density at radius 2 is 2.17 bits per heavy atom. The molecule has 0 amide bonds. The molecule has 1 aromatic rings. The summed E-state index contributed by atoms with van der Waals surface area (Å²) in [6, 6.07) is 5.49. The summed E-state index contributed by atoms with van der Waals surface area (Å²) in [4.78, 5) is 10.7. The van der Waals surface area contributed by atoms with Gasteiger partial charge in [0.1, 0.15) is 12.4 Å². The van der Waals surface area contributed by atoms with E-state index in [1.54, 1.807) is 6.07 Å². The van der Waals surface area contributed by atoms with Gasteiger partial charge in [-0.3, -0.25) is 0 Å². The number of aliphatic carboxylic acids is 1. The number of carboxylic acid groups (broad SMARTS) is 1. The average Bonchev–Trinajstić information content (AvgIpc) is 2.27. The zero-order valence-corrected chi connectivity index (χ0v) is 11.5. The van der Waals surface area contributed by atoms with E-state index in [4.69, 9.17) is 21.4 Å². The highest BCUT2D eigenvalue weighted by atomic mass is 35.5. The predicted octanol–water partition coefficient (Wildman–Crippen LogP) is 3.69. The van der Waals surface area contributed by atoms with E-state index < -0.39 is 5.97 Å². The molecule has 1 N–H and O–H groups in total. The number of halogens is 1. The monoisotopic (exact) mass is 268 g/mol. The lowest BCUT2D eigenvalue weighted by Crippen LogP contribution is -2.09. The first-order valence-corrected chi connectivity index (χ1v) is 6.10. The molecule has 98 valence electrons. The largest absolute Gasteiger partial charge is 0.488 e. The number of aryl methyl sites for hydroxylation is 1. The first-order chi connectivity index (χ1) is 8.40. The third-order valence-corrected chi connectivity index (χ3v) is 2.84. The Morgan fingerprint density at radius 1 is 1.50 bits per heavy atom. The topological polar surface area (TPSA) is 46.5 Å². The predicted molar refractivity (Wildman–Crippen MR) is 72.2 cm³/mol. The molecule has 1 aromatic carbocycles. The van der Waals surface area contributed by atoms with Crippen LogP contribution in [0.4, 0.5) is 0 Å². The normalized spacial score (nSPS) is 11.7. The molecule has 0 unspecified atom stereocenters. The Labute approximate surface area is 112 Å². The van der Waals surface area contributed by atoms with Crippen molar-refractivity contribution < 1.29 is 14.6 Å². The van der Waals surface area contributed by atoms with Gasteiger partial charge in [0.25, 0.3) is 0 Å². The van der Waals surface area contributed by atoms with Crippen molar-refractivity contribution in [2.24, 2.45) is 5.92 Å². The molecule has 4 heteroatoms. The standard InChI is InChI=1S/C14H17ClO3/c1-9(2)11(7-14(16)17)8-18-13-6-10(3)4-5-12(13)15/h4-7,9H,8H2,1-3H3,(H,16,17)/b11-7-. The fraction of sp³-hybridized carbons (Fsp3) is 0.357. The highest BCUT2D eigenvalue weighted by Crippen LogP contribution is 2.26. The molecule has 0 fully saturated rings. The van der Waals surface area contributed by atoms with Crippen LogP contribution < -0.4 is 4.74 Å². The second-order valence-corrected chi connectivity index (χ2v) is 4.84. The molecule has 1 rings (SSSR count). The van der Waals surface area contributed by atoms with Gasteiger partial charge in [-0.15, -0.1) is 0 Å². The van der Waals surface area contributed by atoms with E-state index in [-0.39, 0.29) is 12.5 Å². The van der Waals surface area contributed by atoms with Crippen LogP contribution in [0, 0.1) is 12.8 Å². The van der Waals surface area contributed by atoms with Gasteiger partial charge in [-0.1, -0.05) is 31.5 Å². The minimum atomic E-state index is -0.961. The zero-order chi connectivity index (χ0) is 13.7. The second-order valence-electron chi connectivity index (χ2n) is 4.43. The molecule has 0 saturated carbocycles. The number of hydrogen-bond donors (Lipinski definition) is 1. The van der Waals surface area contributed by atoms with Crippen LogP contribution in [-0.2, 0) is 4.79 Å². The van der Waals surface area contributed by atoms with Crippen LogP contribution in [0.1, 0.15) is 19.4 Å². The first-order valence-electron chi connectivity index (χ1n) is 5.72. The van der Waals surface area contributed by atoms with E-state index in [1.165, 1.54) is 6.08 Å². The quantitative estimate of drug-likeness (QED) is 0.829. The lowest BCUT2D eigenvalue weighted by molar-refractivity contribution is -0.131. The summed E-state index contributed by atoms with van der Waals surface area (Å²) in [5.41, 5.74) is 1.77. The number of rotatable bonds is 5. The second kappa shape index (κ2) is 6.45. The van der Waals surface area contributed by atoms with Gasteiger partial charge in [0, 0.05) is 6.08 Å². The van der Waals surface area contributed by atoms with Crippen molar-refractivity contribution >= 4 is 17.6 Å². The van der Waals surface area contributed by atoms with E-state index in [0.717, 1.165) is 11.1 Å². The van der Waals surface area contributed by atoms with Gasteiger partial charge in [-0.05, 0) is 36.1 Å². The third-order valence-electron chi connectivity index (χ3n) is 2.53. The summed E-state index contributed by atoms with van der Waals surface area (Å²) < 4.78 is 5.58. The molecular weight excluding hydrogens is 252 g/mol. The molecule has 0 heterocycles. The molecule has 3 nitrogen and oxygen atoms in total. The van der Waals surface area contributed by atoms with Crippen molar-refractivity contribution in [2.75, 3.05) is 6.61 Å². The van der Waals surface area contributed by atoms with Crippen LogP contribution in [0.25, 0.3) is 0 Å². The summed E-state index contributed by atoms with van der Waals surface area (Å²) in [6.07, 6.45) is 1.19. The molecule has 0 spiro atoms. The highest BCUT2D eigenvalue weighted by molar-refractivity contribution is 6.32. The summed E-state index contributed by atoms with van der Waals surface area (Å²) >= 11 is 6.00. The lowest BCUT2D eigenvalue weighted by Gasteiger charge is -2.13. The van der Waals surface area contributed by atoms with Crippen LogP contribution in [0.3, 0.4) is 0 Å². The van der Waals surface area contributed by atoms with Crippen LogP contribution in [-0.4, -0.2) is 17.7 Å². The lowest BCUT2D eigenvalue weighted by atomic mass is 10.0. The van der Waals surface area contributed by atoms with E-state index in [2.05, 4.69) is 0 Å². The summed E-state index contributed by atoms with van der Waals surface area (Å²) in [7, 11) is 0. The fourth-order valence-electron chi connectivity index (χ4n) is 1.42. The average molecular weight is 269 g/mol. The minimum absolute atomic E-state index is 0.115.